The van der Waals surface area contributed by atoms with Crippen LogP contribution in [0.3, 0.4) is 0 Å². The molecule has 0 bridgehead atoms. The fourth-order valence-electron chi connectivity index (χ4n) is 3.21. The van der Waals surface area contributed by atoms with Crippen LogP contribution in [0.15, 0.2) is 109 Å². The van der Waals surface area contributed by atoms with E-state index in [-0.39, 0.29) is 16.9 Å². The molecule has 0 aliphatic carbocycles. The van der Waals surface area contributed by atoms with Crippen molar-refractivity contribution in [2.24, 2.45) is 0 Å². The van der Waals surface area contributed by atoms with E-state index in [1.165, 1.54) is 0 Å². The lowest BCUT2D eigenvalue weighted by atomic mass is 10.2. The number of carbonyl (C=O) groups excluding carboxylic acids is 2. The first-order valence-corrected chi connectivity index (χ1v) is 11.3. The van der Waals surface area contributed by atoms with E-state index in [9.17, 15) is 9.59 Å². The van der Waals surface area contributed by atoms with Gasteiger partial charge in [-0.15, -0.1) is 0 Å². The van der Waals surface area contributed by atoms with E-state index in [1.54, 1.807) is 60.7 Å². The van der Waals surface area contributed by atoms with Crippen molar-refractivity contribution in [3.05, 3.63) is 126 Å². The SMILES string of the molecule is O=C(NC(=S)Nc1ccc(NC(=O)c2ccccc2)cc1)c1ccc(OCc2ccccc2)cc1. The highest BCUT2D eigenvalue weighted by Crippen LogP contribution is 2.16. The Labute approximate surface area is 209 Å². The second kappa shape index (κ2) is 11.6. The summed E-state index contributed by atoms with van der Waals surface area (Å²) >= 11 is 5.26. The van der Waals surface area contributed by atoms with Crippen LogP contribution in [-0.4, -0.2) is 16.9 Å². The Bertz CT molecular complexity index is 1290. The molecule has 2 amide bonds. The number of rotatable bonds is 7. The Kier molecular flexibility index (Phi) is 7.83. The molecular weight excluding hydrogens is 458 g/mol. The predicted molar refractivity (Wildman–Crippen MR) is 142 cm³/mol. The van der Waals surface area contributed by atoms with Crippen LogP contribution in [0, 0.1) is 0 Å². The van der Waals surface area contributed by atoms with Gasteiger partial charge in [0.2, 0.25) is 0 Å². The van der Waals surface area contributed by atoms with Crippen LogP contribution in [0.4, 0.5) is 11.4 Å². The number of ether oxygens (including phenoxy) is 1. The van der Waals surface area contributed by atoms with E-state index in [0.717, 1.165) is 5.56 Å². The molecule has 0 atom stereocenters. The summed E-state index contributed by atoms with van der Waals surface area (Å²) in [5, 5.41) is 8.63. The molecular formula is C28H23N3O3S. The van der Waals surface area contributed by atoms with E-state index >= 15 is 0 Å². The molecule has 0 saturated carbocycles. The van der Waals surface area contributed by atoms with E-state index in [0.29, 0.717) is 34.9 Å². The summed E-state index contributed by atoms with van der Waals surface area (Å²) in [5.41, 5.74) is 3.43. The van der Waals surface area contributed by atoms with Gasteiger partial charge in [0, 0.05) is 22.5 Å². The van der Waals surface area contributed by atoms with Crippen LogP contribution in [0.5, 0.6) is 5.75 Å². The quantitative estimate of drug-likeness (QED) is 0.298. The van der Waals surface area contributed by atoms with Crippen LogP contribution in [0.1, 0.15) is 26.3 Å². The zero-order valence-corrected chi connectivity index (χ0v) is 19.5. The van der Waals surface area contributed by atoms with E-state index in [2.05, 4.69) is 16.0 Å². The molecule has 0 unspecified atom stereocenters. The first-order chi connectivity index (χ1) is 17.1. The Balaban J connectivity index is 1.25. The third kappa shape index (κ3) is 6.99. The Morgan fingerprint density at radius 3 is 1.80 bits per heavy atom. The van der Waals surface area contributed by atoms with Crippen LogP contribution < -0.4 is 20.7 Å². The third-order valence-electron chi connectivity index (χ3n) is 5.03. The molecule has 4 aromatic carbocycles. The number of nitrogens with one attached hydrogen (secondary N) is 3. The van der Waals surface area contributed by atoms with E-state index in [1.807, 2.05) is 48.5 Å². The van der Waals surface area contributed by atoms with Crippen LogP contribution in [0.25, 0.3) is 0 Å². The van der Waals surface area contributed by atoms with Gasteiger partial charge in [0.15, 0.2) is 5.11 Å². The minimum absolute atomic E-state index is 0.167. The van der Waals surface area contributed by atoms with Crippen molar-refractivity contribution in [3.8, 4) is 5.75 Å². The summed E-state index contributed by atoms with van der Waals surface area (Å²) in [4.78, 5) is 24.8. The maximum atomic E-state index is 12.5. The fourth-order valence-corrected chi connectivity index (χ4v) is 3.42. The first kappa shape index (κ1) is 23.7. The molecule has 4 aromatic rings. The number of carbonyl (C=O) groups is 2. The molecule has 0 radical (unpaired) electrons. The molecule has 0 aliphatic rings. The Morgan fingerprint density at radius 2 is 1.17 bits per heavy atom. The van der Waals surface area contributed by atoms with Crippen LogP contribution in [-0.2, 0) is 6.61 Å². The molecule has 0 aromatic heterocycles. The molecule has 35 heavy (non-hydrogen) atoms. The Hall–Kier alpha value is -4.49. The molecule has 0 saturated heterocycles. The third-order valence-corrected chi connectivity index (χ3v) is 5.23. The average Bonchev–Trinajstić information content (AvgIpc) is 2.90. The van der Waals surface area contributed by atoms with Gasteiger partial charge in [-0.2, -0.15) is 0 Å². The van der Waals surface area contributed by atoms with Gasteiger partial charge in [-0.3, -0.25) is 14.9 Å². The maximum Gasteiger partial charge on any atom is 0.257 e. The summed E-state index contributed by atoms with van der Waals surface area (Å²) in [6.45, 7) is 0.453. The molecule has 7 heteroatoms. The van der Waals surface area contributed by atoms with Gasteiger partial charge in [-0.1, -0.05) is 48.5 Å². The number of anilines is 2. The van der Waals surface area contributed by atoms with Gasteiger partial charge < -0.3 is 15.4 Å². The summed E-state index contributed by atoms with van der Waals surface area (Å²) in [5.74, 6) is 0.153. The first-order valence-electron chi connectivity index (χ1n) is 10.9. The van der Waals surface area contributed by atoms with Crippen molar-refractivity contribution in [1.29, 1.82) is 0 Å². The largest absolute Gasteiger partial charge is 0.489 e. The number of benzene rings is 4. The van der Waals surface area contributed by atoms with Gasteiger partial charge in [-0.05, 0) is 78.4 Å². The molecule has 0 fully saturated rings. The van der Waals surface area contributed by atoms with E-state index < -0.39 is 0 Å². The molecule has 6 nitrogen and oxygen atoms in total. The molecule has 174 valence electrons. The monoisotopic (exact) mass is 481 g/mol. The standard InChI is InChI=1S/C28H23N3O3S/c32-26(21-9-5-2-6-10-21)29-23-13-15-24(16-14-23)30-28(35)31-27(33)22-11-17-25(18-12-22)34-19-20-7-3-1-4-8-20/h1-18H,19H2,(H,29,32)(H2,30,31,33,35). The number of thiocarbonyl (C=S) groups is 1. The highest BCUT2D eigenvalue weighted by atomic mass is 32.1. The van der Waals surface area contributed by atoms with Crippen molar-refractivity contribution in [2.45, 2.75) is 6.61 Å². The Morgan fingerprint density at radius 1 is 0.629 bits per heavy atom. The van der Waals surface area contributed by atoms with Crippen molar-refractivity contribution >= 4 is 40.5 Å². The second-order valence-electron chi connectivity index (χ2n) is 7.60. The topological polar surface area (TPSA) is 79.5 Å². The molecule has 0 spiro atoms. The predicted octanol–water partition coefficient (Wildman–Crippen LogP) is 5.64. The summed E-state index contributed by atoms with van der Waals surface area (Å²) < 4.78 is 5.75. The van der Waals surface area contributed by atoms with E-state index in [4.69, 9.17) is 17.0 Å². The normalized spacial score (nSPS) is 10.2. The highest BCUT2D eigenvalue weighted by molar-refractivity contribution is 7.80. The maximum absolute atomic E-state index is 12.5. The lowest BCUT2D eigenvalue weighted by Gasteiger charge is -2.11. The zero-order chi connectivity index (χ0) is 24.5. The molecule has 4 rings (SSSR count). The van der Waals surface area contributed by atoms with Crippen molar-refractivity contribution in [2.75, 3.05) is 10.6 Å². The smallest absolute Gasteiger partial charge is 0.257 e. The highest BCUT2D eigenvalue weighted by Gasteiger charge is 2.09. The minimum Gasteiger partial charge on any atom is -0.489 e. The number of amides is 2. The van der Waals surface area contributed by atoms with Gasteiger partial charge in [0.25, 0.3) is 11.8 Å². The minimum atomic E-state index is -0.330. The number of hydrogen-bond donors (Lipinski definition) is 3. The van der Waals surface area contributed by atoms with Gasteiger partial charge in [-0.25, -0.2) is 0 Å². The summed E-state index contributed by atoms with van der Waals surface area (Å²) in [7, 11) is 0. The van der Waals surface area contributed by atoms with Gasteiger partial charge in [0.05, 0.1) is 0 Å². The molecule has 3 N–H and O–H groups in total. The van der Waals surface area contributed by atoms with Gasteiger partial charge in [0.1, 0.15) is 12.4 Å². The van der Waals surface area contributed by atoms with Crippen molar-refractivity contribution in [3.63, 3.8) is 0 Å². The average molecular weight is 482 g/mol. The molecule has 0 aliphatic heterocycles. The summed E-state index contributed by atoms with van der Waals surface area (Å²) in [6.07, 6.45) is 0. The van der Waals surface area contributed by atoms with Crippen molar-refractivity contribution < 1.29 is 14.3 Å². The van der Waals surface area contributed by atoms with Crippen LogP contribution in [0.2, 0.25) is 0 Å². The van der Waals surface area contributed by atoms with Crippen molar-refractivity contribution in [1.82, 2.24) is 5.32 Å². The zero-order valence-electron chi connectivity index (χ0n) is 18.7. The van der Waals surface area contributed by atoms with Crippen LogP contribution >= 0.6 is 12.2 Å². The molecule has 0 heterocycles. The lowest BCUT2D eigenvalue weighted by Crippen LogP contribution is -2.34. The number of hydrogen-bond acceptors (Lipinski definition) is 4. The fraction of sp³-hybridized carbons (Fsp3) is 0.0357. The summed E-state index contributed by atoms with van der Waals surface area (Å²) in [6, 6.07) is 32.7. The van der Waals surface area contributed by atoms with Gasteiger partial charge >= 0.3 is 0 Å². The second-order valence-corrected chi connectivity index (χ2v) is 8.01. The lowest BCUT2D eigenvalue weighted by molar-refractivity contribution is 0.0976.